The third-order valence-electron chi connectivity index (χ3n) is 3.73. The number of furan rings is 1. The molecule has 0 aliphatic carbocycles. The summed E-state index contributed by atoms with van der Waals surface area (Å²) < 4.78 is 44.6. The van der Waals surface area contributed by atoms with Crippen LogP contribution in [0.4, 0.5) is 4.39 Å². The third-order valence-corrected chi connectivity index (χ3v) is 5.39. The first kappa shape index (κ1) is 16.9. The number of hydrogen-bond acceptors (Lipinski definition) is 5. The summed E-state index contributed by atoms with van der Waals surface area (Å²) in [4.78, 5) is 11.4. The van der Waals surface area contributed by atoms with Gasteiger partial charge < -0.3 is 14.3 Å². The molecule has 0 N–H and O–H groups in total. The first-order chi connectivity index (χ1) is 11.9. The number of sulfone groups is 1. The van der Waals surface area contributed by atoms with E-state index in [-0.39, 0.29) is 27.1 Å². The molecule has 0 bridgehead atoms. The highest BCUT2D eigenvalue weighted by Gasteiger charge is 2.23. The number of carboxylic acids is 1. The van der Waals surface area contributed by atoms with Crippen molar-refractivity contribution < 1.29 is 27.1 Å². The minimum absolute atomic E-state index is 0.0155. The number of rotatable bonds is 5. The molecule has 1 aromatic heterocycles. The van der Waals surface area contributed by atoms with Gasteiger partial charge in [-0.15, -0.1) is 0 Å². The smallest absolute Gasteiger partial charge is 0.182 e. The molecule has 0 saturated carbocycles. The summed E-state index contributed by atoms with van der Waals surface area (Å²) >= 11 is 0. The maximum Gasteiger partial charge on any atom is 0.182 e. The second kappa shape index (κ2) is 6.52. The van der Waals surface area contributed by atoms with Gasteiger partial charge in [0.1, 0.15) is 5.82 Å². The van der Waals surface area contributed by atoms with Gasteiger partial charge in [0, 0.05) is 16.7 Å². The van der Waals surface area contributed by atoms with Crippen LogP contribution in [-0.2, 0) is 15.6 Å². The van der Waals surface area contributed by atoms with Crippen LogP contribution in [0.1, 0.15) is 15.9 Å². The Bertz CT molecular complexity index is 1010. The summed E-state index contributed by atoms with van der Waals surface area (Å²) in [6.07, 6.45) is 2.51. The molecule has 0 saturated heterocycles. The summed E-state index contributed by atoms with van der Waals surface area (Å²) in [6, 6.07) is 10.9. The standard InChI is InChI=1S/C18H13FO5S/c19-16-7-6-14(18(20)21)15(17(16)12-8-9-24-10-12)11-25(22,23)13-4-2-1-3-5-13/h1-10H,11H2,(H,20,21)/p-1. The number of aromatic carboxylic acids is 1. The molecule has 0 spiro atoms. The summed E-state index contributed by atoms with van der Waals surface area (Å²) in [6.45, 7) is 0. The van der Waals surface area contributed by atoms with E-state index in [1.165, 1.54) is 30.7 Å². The van der Waals surface area contributed by atoms with E-state index in [1.54, 1.807) is 18.2 Å². The van der Waals surface area contributed by atoms with Crippen molar-refractivity contribution in [1.82, 2.24) is 0 Å². The topological polar surface area (TPSA) is 87.4 Å². The highest BCUT2D eigenvalue weighted by Crippen LogP contribution is 2.32. The molecule has 1 heterocycles. The third kappa shape index (κ3) is 3.32. The molecule has 128 valence electrons. The molecule has 0 radical (unpaired) electrons. The highest BCUT2D eigenvalue weighted by molar-refractivity contribution is 7.90. The van der Waals surface area contributed by atoms with Gasteiger partial charge in [-0.1, -0.05) is 18.2 Å². The van der Waals surface area contributed by atoms with Crippen LogP contribution in [0.25, 0.3) is 11.1 Å². The lowest BCUT2D eigenvalue weighted by molar-refractivity contribution is -0.255. The number of halogens is 1. The second-order valence-corrected chi connectivity index (χ2v) is 7.31. The zero-order valence-corrected chi connectivity index (χ0v) is 13.6. The van der Waals surface area contributed by atoms with E-state index in [2.05, 4.69) is 0 Å². The van der Waals surface area contributed by atoms with Crippen LogP contribution in [0.2, 0.25) is 0 Å². The minimum Gasteiger partial charge on any atom is -0.545 e. The SMILES string of the molecule is O=C([O-])c1ccc(F)c(-c2ccoc2)c1CS(=O)(=O)c1ccccc1. The van der Waals surface area contributed by atoms with E-state index in [9.17, 15) is 22.7 Å². The van der Waals surface area contributed by atoms with Crippen LogP contribution >= 0.6 is 0 Å². The van der Waals surface area contributed by atoms with Crippen LogP contribution in [0.5, 0.6) is 0 Å². The van der Waals surface area contributed by atoms with Gasteiger partial charge in [-0.2, -0.15) is 0 Å². The second-order valence-electron chi connectivity index (χ2n) is 5.32. The fraction of sp³-hybridized carbons (Fsp3) is 0.0556. The van der Waals surface area contributed by atoms with Crippen LogP contribution in [0.15, 0.2) is 70.4 Å². The molecule has 0 unspecified atom stereocenters. The molecule has 2 aromatic carbocycles. The maximum atomic E-state index is 14.4. The first-order valence-corrected chi connectivity index (χ1v) is 8.88. The van der Waals surface area contributed by atoms with E-state index < -0.39 is 27.4 Å². The Morgan fingerprint density at radius 2 is 1.80 bits per heavy atom. The molecule has 0 aliphatic heterocycles. The Labute approximate surface area is 143 Å². The van der Waals surface area contributed by atoms with Gasteiger partial charge in [-0.25, -0.2) is 12.8 Å². The van der Waals surface area contributed by atoms with Gasteiger partial charge >= 0.3 is 0 Å². The zero-order chi connectivity index (χ0) is 18.0. The number of carbonyl (C=O) groups excluding carboxylic acids is 1. The van der Waals surface area contributed by atoms with E-state index >= 15 is 0 Å². The molecule has 0 amide bonds. The lowest BCUT2D eigenvalue weighted by Gasteiger charge is -2.16. The molecule has 3 aromatic rings. The van der Waals surface area contributed by atoms with Crippen molar-refractivity contribution in [2.45, 2.75) is 10.6 Å². The maximum absolute atomic E-state index is 14.4. The fourth-order valence-electron chi connectivity index (χ4n) is 2.58. The molecule has 5 nitrogen and oxygen atoms in total. The fourth-order valence-corrected chi connectivity index (χ4v) is 4.00. The number of hydrogen-bond donors (Lipinski definition) is 0. The molecule has 3 rings (SSSR count). The van der Waals surface area contributed by atoms with Crippen LogP contribution in [0.3, 0.4) is 0 Å². The Morgan fingerprint density at radius 1 is 1.08 bits per heavy atom. The van der Waals surface area contributed by atoms with Crippen LogP contribution in [-0.4, -0.2) is 14.4 Å². The van der Waals surface area contributed by atoms with E-state index in [4.69, 9.17) is 4.42 Å². The first-order valence-electron chi connectivity index (χ1n) is 7.23. The van der Waals surface area contributed by atoms with Crippen molar-refractivity contribution in [3.05, 3.63) is 78.0 Å². The van der Waals surface area contributed by atoms with Gasteiger partial charge in [0.25, 0.3) is 0 Å². The van der Waals surface area contributed by atoms with Gasteiger partial charge in [0.15, 0.2) is 9.84 Å². The number of carbonyl (C=O) groups is 1. The predicted molar refractivity (Wildman–Crippen MR) is 85.8 cm³/mol. The number of benzene rings is 2. The van der Waals surface area contributed by atoms with Gasteiger partial charge in [-0.3, -0.25) is 0 Å². The van der Waals surface area contributed by atoms with E-state index in [0.29, 0.717) is 0 Å². The quantitative estimate of drug-likeness (QED) is 0.698. The van der Waals surface area contributed by atoms with Crippen LogP contribution < -0.4 is 5.11 Å². The van der Waals surface area contributed by atoms with Crippen molar-refractivity contribution in [3.63, 3.8) is 0 Å². The molecule has 0 fully saturated rings. The molecule has 0 atom stereocenters. The average Bonchev–Trinajstić information content (AvgIpc) is 3.09. The molecule has 25 heavy (non-hydrogen) atoms. The molecule has 7 heteroatoms. The zero-order valence-electron chi connectivity index (χ0n) is 12.8. The van der Waals surface area contributed by atoms with Crippen molar-refractivity contribution in [2.24, 2.45) is 0 Å². The summed E-state index contributed by atoms with van der Waals surface area (Å²) in [5.41, 5.74) is -0.434. The Hall–Kier alpha value is -2.93. The average molecular weight is 359 g/mol. The summed E-state index contributed by atoms with van der Waals surface area (Å²) in [5.74, 6) is -3.01. The summed E-state index contributed by atoms with van der Waals surface area (Å²) in [5, 5.41) is 11.4. The van der Waals surface area contributed by atoms with Crippen molar-refractivity contribution in [3.8, 4) is 11.1 Å². The Kier molecular flexibility index (Phi) is 4.41. The Balaban J connectivity index is 2.21. The molecular formula is C18H12FO5S-. The van der Waals surface area contributed by atoms with Gasteiger partial charge in [0.05, 0.1) is 29.1 Å². The number of carboxylic acid groups (broad SMARTS) is 1. The monoisotopic (exact) mass is 359 g/mol. The van der Waals surface area contributed by atoms with Gasteiger partial charge in [0.2, 0.25) is 0 Å². The van der Waals surface area contributed by atoms with Crippen molar-refractivity contribution >= 4 is 15.8 Å². The molecular weight excluding hydrogens is 347 g/mol. The van der Waals surface area contributed by atoms with E-state index in [1.807, 2.05) is 0 Å². The normalized spacial score (nSPS) is 11.4. The van der Waals surface area contributed by atoms with Gasteiger partial charge in [-0.05, 0) is 35.9 Å². The summed E-state index contributed by atoms with van der Waals surface area (Å²) in [7, 11) is -3.89. The van der Waals surface area contributed by atoms with E-state index in [0.717, 1.165) is 12.1 Å². The lowest BCUT2D eigenvalue weighted by atomic mass is 9.97. The molecule has 0 aliphatic rings. The van der Waals surface area contributed by atoms with Crippen LogP contribution in [0, 0.1) is 5.82 Å². The predicted octanol–water partition coefficient (Wildman–Crippen LogP) is 2.42. The van der Waals surface area contributed by atoms with Crippen molar-refractivity contribution in [1.29, 1.82) is 0 Å². The van der Waals surface area contributed by atoms with Crippen molar-refractivity contribution in [2.75, 3.05) is 0 Å². The highest BCUT2D eigenvalue weighted by atomic mass is 32.2. The largest absolute Gasteiger partial charge is 0.545 e. The lowest BCUT2D eigenvalue weighted by Crippen LogP contribution is -2.25. The minimum atomic E-state index is -3.89. The Morgan fingerprint density at radius 3 is 2.40 bits per heavy atom.